The van der Waals surface area contributed by atoms with Crippen LogP contribution in [-0.2, 0) is 23.7 Å². The average Bonchev–Trinajstić information content (AvgIpc) is 3.13. The first kappa shape index (κ1) is 39.1. The van der Waals surface area contributed by atoms with Crippen molar-refractivity contribution >= 4 is 6.08 Å². The lowest BCUT2D eigenvalue weighted by Crippen LogP contribution is -2.61. The zero-order chi connectivity index (χ0) is 38.5. The van der Waals surface area contributed by atoms with Gasteiger partial charge in [-0.3, -0.25) is 0 Å². The maximum atomic E-state index is 11.0. The molecule has 0 amide bonds. The predicted molar refractivity (Wildman–Crippen MR) is 171 cm³/mol. The number of hydrogen-bond donors (Lipinski definition) is 13. The van der Waals surface area contributed by atoms with Gasteiger partial charge >= 0.3 is 0 Å². The lowest BCUT2D eigenvalue weighted by molar-refractivity contribution is -0.325. The molecule has 16 atom stereocenters. The number of phenolic OH excluding ortho intramolecular Hbond substituents is 3. The summed E-state index contributed by atoms with van der Waals surface area (Å²) in [5.74, 6) is -1.67. The van der Waals surface area contributed by atoms with Crippen LogP contribution in [0.3, 0.4) is 0 Å². The molecule has 0 aliphatic carbocycles. The lowest BCUT2D eigenvalue weighted by Gasteiger charge is -2.42. The topological polar surface area (TPSA) is 331 Å². The van der Waals surface area contributed by atoms with Gasteiger partial charge in [0.05, 0.1) is 30.9 Å². The highest BCUT2D eigenvalue weighted by molar-refractivity contribution is 5.69. The smallest absolute Gasteiger partial charge is 0.270 e. The van der Waals surface area contributed by atoms with E-state index in [1.165, 1.54) is 31.2 Å². The molecule has 14 N–H and O–H groups in total. The number of fused-ring (bicyclic) bond motifs is 1. The summed E-state index contributed by atoms with van der Waals surface area (Å²) in [7, 11) is 0. The lowest BCUT2D eigenvalue weighted by atomic mass is 9.98. The van der Waals surface area contributed by atoms with E-state index >= 15 is 0 Å². The Kier molecular flexibility index (Phi) is 11.5. The SMILES string of the molecule is C[C@@H]1O[C@@H](OC[C@H]2O[C@@H](OC3=Cc4c(O)cc(O[C@@H]5O[C@H](CO)[C@@H](O)[C@H](O)[C@H]5O)cc4[OH+]C3c3ccc(O)c(O)c3)[C@H](O)[C@@H](O)[C@@H]2O)[C@@H](O)[C@H](O)[C@H]1O. The highest BCUT2D eigenvalue weighted by atomic mass is 16.7. The van der Waals surface area contributed by atoms with Gasteiger partial charge in [-0.2, -0.15) is 0 Å². The van der Waals surface area contributed by atoms with E-state index in [1.54, 1.807) is 0 Å². The van der Waals surface area contributed by atoms with Gasteiger partial charge in [-0.05, 0) is 25.1 Å². The summed E-state index contributed by atoms with van der Waals surface area (Å²) in [5, 5.41) is 134. The van der Waals surface area contributed by atoms with Crippen LogP contribution < -0.4 is 4.74 Å². The van der Waals surface area contributed by atoms with Crippen LogP contribution in [0.4, 0.5) is 0 Å². The van der Waals surface area contributed by atoms with E-state index in [-0.39, 0.29) is 28.4 Å². The molecule has 6 rings (SSSR count). The fourth-order valence-corrected chi connectivity index (χ4v) is 6.32. The summed E-state index contributed by atoms with van der Waals surface area (Å²) >= 11 is 0. The van der Waals surface area contributed by atoms with E-state index in [4.69, 9.17) is 28.4 Å². The van der Waals surface area contributed by atoms with Crippen molar-refractivity contribution in [3.05, 3.63) is 47.2 Å². The Balaban J connectivity index is 1.26. The van der Waals surface area contributed by atoms with Crippen molar-refractivity contribution in [3.8, 4) is 28.7 Å². The highest BCUT2D eigenvalue weighted by Crippen LogP contribution is 2.47. The van der Waals surface area contributed by atoms with Crippen LogP contribution in [0.5, 0.6) is 28.7 Å². The van der Waals surface area contributed by atoms with Gasteiger partial charge in [0, 0.05) is 12.1 Å². The summed E-state index contributed by atoms with van der Waals surface area (Å²) < 4.78 is 38.4. The molecule has 4 aliphatic heterocycles. The first-order valence-corrected chi connectivity index (χ1v) is 16.6. The van der Waals surface area contributed by atoms with Crippen molar-refractivity contribution in [2.75, 3.05) is 13.2 Å². The van der Waals surface area contributed by atoms with E-state index in [0.717, 1.165) is 12.1 Å². The molecular formula is C33H43O20+. The number of benzene rings is 2. The summed E-state index contributed by atoms with van der Waals surface area (Å²) in [5.41, 5.74) is 0.241. The number of ether oxygens (including phenoxy) is 7. The van der Waals surface area contributed by atoms with Crippen molar-refractivity contribution < 1.29 is 99.5 Å². The van der Waals surface area contributed by atoms with Crippen molar-refractivity contribution in [1.82, 2.24) is 0 Å². The normalized spacial score (nSPS) is 40.1. The largest absolute Gasteiger partial charge is 0.571 e. The Morgan fingerprint density at radius 3 is 1.89 bits per heavy atom. The minimum absolute atomic E-state index is 0.0319. The van der Waals surface area contributed by atoms with E-state index < -0.39 is 129 Å². The molecule has 2 aromatic carbocycles. The number of phenols is 3. The third-order valence-corrected chi connectivity index (χ3v) is 9.50. The second kappa shape index (κ2) is 15.6. The third kappa shape index (κ3) is 7.70. The molecule has 20 heteroatoms. The molecule has 0 aromatic heterocycles. The summed E-state index contributed by atoms with van der Waals surface area (Å²) in [6, 6.07) is 6.13. The van der Waals surface area contributed by atoms with E-state index in [0.29, 0.717) is 0 Å². The van der Waals surface area contributed by atoms with Crippen LogP contribution in [0.2, 0.25) is 0 Å². The molecule has 2 aromatic rings. The molecule has 53 heavy (non-hydrogen) atoms. The molecule has 20 nitrogen and oxygen atoms in total. The number of hydrogen-bond acceptors (Lipinski definition) is 19. The molecule has 4 aliphatic rings. The van der Waals surface area contributed by atoms with Crippen LogP contribution in [-0.4, -0.2) is 176 Å². The molecule has 4 heterocycles. The Morgan fingerprint density at radius 2 is 1.23 bits per heavy atom. The van der Waals surface area contributed by atoms with Crippen molar-refractivity contribution in [1.29, 1.82) is 0 Å². The first-order chi connectivity index (χ1) is 25.1. The first-order valence-electron chi connectivity index (χ1n) is 16.6. The van der Waals surface area contributed by atoms with Crippen molar-refractivity contribution in [3.63, 3.8) is 0 Å². The number of aliphatic hydroxyl groups is 11. The van der Waals surface area contributed by atoms with Crippen LogP contribution in [0.15, 0.2) is 36.1 Å². The average molecular weight is 760 g/mol. The second-order valence-corrected chi connectivity index (χ2v) is 13.2. The van der Waals surface area contributed by atoms with Crippen LogP contribution in [0, 0.1) is 0 Å². The Bertz CT molecular complexity index is 1620. The minimum atomic E-state index is -1.88. The van der Waals surface area contributed by atoms with Crippen LogP contribution >= 0.6 is 0 Å². The molecule has 0 spiro atoms. The van der Waals surface area contributed by atoms with Gasteiger partial charge in [-0.15, -0.1) is 0 Å². The molecule has 3 fully saturated rings. The number of aromatic hydroxyl groups is 4. The van der Waals surface area contributed by atoms with Gasteiger partial charge in [0.25, 0.3) is 11.9 Å². The molecule has 294 valence electrons. The number of aliphatic hydroxyl groups excluding tert-OH is 10. The van der Waals surface area contributed by atoms with Gasteiger partial charge in [0.1, 0.15) is 84.2 Å². The van der Waals surface area contributed by atoms with Crippen molar-refractivity contribution in [2.24, 2.45) is 0 Å². The third-order valence-electron chi connectivity index (χ3n) is 9.50. The molecule has 0 radical (unpaired) electrons. The minimum Gasteiger partial charge on any atom is -0.571 e. The molecule has 3 saturated heterocycles. The fraction of sp³-hybridized carbons (Fsp3) is 0.576. The second-order valence-electron chi connectivity index (χ2n) is 13.2. The summed E-state index contributed by atoms with van der Waals surface area (Å²) in [4.78, 5) is 0. The summed E-state index contributed by atoms with van der Waals surface area (Å²) in [6.45, 7) is 0.157. The predicted octanol–water partition coefficient (Wildman–Crippen LogP) is -4.01. The van der Waals surface area contributed by atoms with Crippen molar-refractivity contribution in [2.45, 2.75) is 105 Å². The molecule has 1 unspecified atom stereocenters. The van der Waals surface area contributed by atoms with Gasteiger partial charge in [0.15, 0.2) is 23.5 Å². The maximum absolute atomic E-state index is 11.0. The van der Waals surface area contributed by atoms with Crippen LogP contribution in [0.1, 0.15) is 24.2 Å². The van der Waals surface area contributed by atoms with E-state index in [2.05, 4.69) is 4.74 Å². The van der Waals surface area contributed by atoms with Crippen LogP contribution in [0.25, 0.3) is 6.08 Å². The zero-order valence-corrected chi connectivity index (χ0v) is 27.8. The van der Waals surface area contributed by atoms with Gasteiger partial charge < -0.3 is 99.5 Å². The number of rotatable bonds is 9. The zero-order valence-electron chi connectivity index (χ0n) is 27.8. The monoisotopic (exact) mass is 759 g/mol. The Hall–Kier alpha value is -3.58. The molecular weight excluding hydrogens is 716 g/mol. The van der Waals surface area contributed by atoms with Gasteiger partial charge in [-0.25, -0.2) is 0 Å². The van der Waals surface area contributed by atoms with Gasteiger partial charge in [-0.1, -0.05) is 0 Å². The molecule has 0 bridgehead atoms. The fourth-order valence-electron chi connectivity index (χ4n) is 6.32. The van der Waals surface area contributed by atoms with Gasteiger partial charge in [0.2, 0.25) is 12.6 Å². The van der Waals surface area contributed by atoms with E-state index in [1.807, 2.05) is 0 Å². The standard InChI is InChI=1S/C33H42O20/c1-10-21(38)24(41)27(44)31(48-10)47-9-20-23(40)26(43)29(46)33(53-20)51-18-7-13-15(36)5-12(49-32-28(45)25(42)22(39)19(8-34)52-32)6-17(13)50-30(18)11-2-3-14(35)16(37)4-11/h2-7,10,19-46H,8-9H2,1H3/p+1/t10-,19+,20+,21-,22+,23+,24+,25-,26-,27-,28+,29+,30?,31+,32+,33+/m0/s1. The van der Waals surface area contributed by atoms with E-state index in [9.17, 15) is 66.4 Å². The Morgan fingerprint density at radius 1 is 0.623 bits per heavy atom. The Labute approximate surface area is 300 Å². The quantitative estimate of drug-likeness (QED) is 0.0855. The summed E-state index contributed by atoms with van der Waals surface area (Å²) in [6.07, 6.45) is -23.7. The maximum Gasteiger partial charge on any atom is 0.270 e. The highest BCUT2D eigenvalue weighted by Gasteiger charge is 2.49. The molecule has 0 saturated carbocycles.